The Morgan fingerprint density at radius 1 is 1.32 bits per heavy atom. The van der Waals surface area contributed by atoms with Crippen LogP contribution in [0, 0.1) is 0 Å². The second-order valence-corrected chi connectivity index (χ2v) is 5.78. The molecule has 0 radical (unpaired) electrons. The molecule has 0 amide bonds. The molecule has 2 heterocycles. The van der Waals surface area contributed by atoms with E-state index in [1.165, 1.54) is 11.3 Å². The van der Waals surface area contributed by atoms with Gasteiger partial charge >= 0.3 is 0 Å². The van der Waals surface area contributed by atoms with Gasteiger partial charge in [-0.15, -0.1) is 10.2 Å². The number of fused-ring (bicyclic) bond motifs is 1. The van der Waals surface area contributed by atoms with Gasteiger partial charge in [0, 0.05) is 18.0 Å². The first-order valence-electron chi connectivity index (χ1n) is 6.20. The van der Waals surface area contributed by atoms with Crippen molar-refractivity contribution in [3.05, 3.63) is 29.0 Å². The first-order valence-corrected chi connectivity index (χ1v) is 7.01. The van der Waals surface area contributed by atoms with Gasteiger partial charge in [-0.25, -0.2) is 4.98 Å². The van der Waals surface area contributed by atoms with Crippen molar-refractivity contribution in [2.45, 2.75) is 26.3 Å². The fraction of sp³-hybridized carbons (Fsp3) is 0.308. The third-order valence-electron chi connectivity index (χ3n) is 2.94. The molecule has 0 saturated carbocycles. The molecule has 0 aliphatic rings. The molecule has 0 fully saturated rings. The Balaban J connectivity index is 2.05. The number of hydrogen-bond acceptors (Lipinski definition) is 5. The summed E-state index contributed by atoms with van der Waals surface area (Å²) in [6.45, 7) is 4.68. The van der Waals surface area contributed by atoms with Crippen LogP contribution in [-0.4, -0.2) is 20.2 Å². The third-order valence-corrected chi connectivity index (χ3v) is 3.93. The number of H-pyrrole nitrogens is 1. The van der Waals surface area contributed by atoms with E-state index in [1.54, 1.807) is 0 Å². The molecule has 0 aliphatic heterocycles. The maximum atomic E-state index is 5.56. The summed E-state index contributed by atoms with van der Waals surface area (Å²) in [6.07, 6.45) is 0. The zero-order valence-electron chi connectivity index (χ0n) is 10.8. The van der Waals surface area contributed by atoms with E-state index in [2.05, 4.69) is 40.1 Å². The molecule has 5 nitrogen and oxygen atoms in total. The third kappa shape index (κ3) is 2.24. The number of nitrogens with two attached hydrogens (primary N) is 1. The Hall–Kier alpha value is -1.79. The lowest BCUT2D eigenvalue weighted by Crippen LogP contribution is -1.94. The number of rotatable bonds is 3. The Labute approximate surface area is 114 Å². The highest BCUT2D eigenvalue weighted by atomic mass is 32.1. The first kappa shape index (κ1) is 12.3. The fourth-order valence-electron chi connectivity index (χ4n) is 1.89. The summed E-state index contributed by atoms with van der Waals surface area (Å²) in [4.78, 5) is 7.91. The Bertz CT molecular complexity index is 713. The maximum Gasteiger partial charge on any atom is 0.147 e. The van der Waals surface area contributed by atoms with Gasteiger partial charge in [-0.1, -0.05) is 25.2 Å². The molecule has 98 valence electrons. The van der Waals surface area contributed by atoms with Crippen LogP contribution < -0.4 is 5.73 Å². The van der Waals surface area contributed by atoms with Crippen molar-refractivity contribution in [3.8, 4) is 10.6 Å². The SMILES string of the molecule is CC(C)c1nc2ccc(-c3nnc(CN)s3)cc2[nH]1. The van der Waals surface area contributed by atoms with E-state index < -0.39 is 0 Å². The molecular weight excluding hydrogens is 258 g/mol. The van der Waals surface area contributed by atoms with E-state index in [1.807, 2.05) is 12.1 Å². The maximum absolute atomic E-state index is 5.56. The lowest BCUT2D eigenvalue weighted by atomic mass is 10.2. The molecule has 2 aromatic heterocycles. The van der Waals surface area contributed by atoms with E-state index in [-0.39, 0.29) is 0 Å². The topological polar surface area (TPSA) is 80.5 Å². The van der Waals surface area contributed by atoms with Crippen LogP contribution in [0.15, 0.2) is 18.2 Å². The van der Waals surface area contributed by atoms with Crippen LogP contribution in [0.1, 0.15) is 30.6 Å². The minimum atomic E-state index is 0.390. The van der Waals surface area contributed by atoms with Crippen molar-refractivity contribution in [2.24, 2.45) is 5.73 Å². The molecule has 0 bridgehead atoms. The highest BCUT2D eigenvalue weighted by molar-refractivity contribution is 7.14. The number of aromatic nitrogens is 4. The van der Waals surface area contributed by atoms with Gasteiger partial charge in [0.2, 0.25) is 0 Å². The van der Waals surface area contributed by atoms with Gasteiger partial charge in [0.15, 0.2) is 0 Å². The van der Waals surface area contributed by atoms with E-state index in [0.29, 0.717) is 12.5 Å². The normalized spacial score (nSPS) is 11.6. The van der Waals surface area contributed by atoms with Crippen LogP contribution in [0.3, 0.4) is 0 Å². The molecule has 0 aliphatic carbocycles. The Morgan fingerprint density at radius 2 is 2.16 bits per heavy atom. The summed E-state index contributed by atoms with van der Waals surface area (Å²) < 4.78 is 0. The minimum Gasteiger partial charge on any atom is -0.342 e. The predicted molar refractivity (Wildman–Crippen MR) is 77.0 cm³/mol. The smallest absolute Gasteiger partial charge is 0.147 e. The van der Waals surface area contributed by atoms with Crippen LogP contribution in [0.4, 0.5) is 0 Å². The summed E-state index contributed by atoms with van der Waals surface area (Å²) in [5.74, 6) is 1.40. The van der Waals surface area contributed by atoms with Gasteiger partial charge in [-0.2, -0.15) is 0 Å². The standard InChI is InChI=1S/C13H15N5S/c1-7(2)12-15-9-4-3-8(5-10(9)16-12)13-18-17-11(6-14)19-13/h3-5,7H,6,14H2,1-2H3,(H,15,16). The summed E-state index contributed by atoms with van der Waals surface area (Å²) in [5, 5.41) is 9.94. The summed E-state index contributed by atoms with van der Waals surface area (Å²) in [6, 6.07) is 6.10. The molecule has 6 heteroatoms. The molecule has 1 aromatic carbocycles. The molecular formula is C13H15N5S. The number of nitrogens with zero attached hydrogens (tertiary/aromatic N) is 3. The van der Waals surface area contributed by atoms with Crippen LogP contribution >= 0.6 is 11.3 Å². The average molecular weight is 273 g/mol. The number of benzene rings is 1. The first-order chi connectivity index (χ1) is 9.17. The minimum absolute atomic E-state index is 0.390. The predicted octanol–water partition coefficient (Wildman–Crippen LogP) is 2.66. The Morgan fingerprint density at radius 3 is 2.84 bits per heavy atom. The van der Waals surface area contributed by atoms with E-state index >= 15 is 0 Å². The van der Waals surface area contributed by atoms with Crippen molar-refractivity contribution in [1.82, 2.24) is 20.2 Å². The number of nitrogens with one attached hydrogen (secondary N) is 1. The lowest BCUT2D eigenvalue weighted by Gasteiger charge is -1.96. The highest BCUT2D eigenvalue weighted by Crippen LogP contribution is 2.27. The zero-order chi connectivity index (χ0) is 13.4. The van der Waals surface area contributed by atoms with Crippen molar-refractivity contribution >= 4 is 22.4 Å². The fourth-order valence-corrected chi connectivity index (χ4v) is 2.60. The monoisotopic (exact) mass is 273 g/mol. The van der Waals surface area contributed by atoms with Crippen LogP contribution in [0.25, 0.3) is 21.6 Å². The average Bonchev–Trinajstić information content (AvgIpc) is 3.04. The summed E-state index contributed by atoms with van der Waals surface area (Å²) in [5.41, 5.74) is 8.62. The van der Waals surface area contributed by atoms with Gasteiger partial charge < -0.3 is 10.7 Å². The van der Waals surface area contributed by atoms with Gasteiger partial charge in [0.05, 0.1) is 11.0 Å². The second kappa shape index (κ2) is 4.71. The number of hydrogen-bond donors (Lipinski definition) is 2. The van der Waals surface area contributed by atoms with E-state index in [4.69, 9.17) is 5.73 Å². The van der Waals surface area contributed by atoms with Crippen LogP contribution in [0.5, 0.6) is 0 Å². The molecule has 0 atom stereocenters. The molecule has 3 aromatic rings. The van der Waals surface area contributed by atoms with Crippen LogP contribution in [0.2, 0.25) is 0 Å². The zero-order valence-corrected chi connectivity index (χ0v) is 11.7. The molecule has 19 heavy (non-hydrogen) atoms. The highest BCUT2D eigenvalue weighted by Gasteiger charge is 2.10. The molecule has 0 saturated heterocycles. The number of aromatic amines is 1. The molecule has 0 spiro atoms. The summed E-state index contributed by atoms with van der Waals surface area (Å²) >= 11 is 1.53. The van der Waals surface area contributed by atoms with Crippen molar-refractivity contribution in [1.29, 1.82) is 0 Å². The molecule has 3 rings (SSSR count). The van der Waals surface area contributed by atoms with Crippen molar-refractivity contribution < 1.29 is 0 Å². The molecule has 0 unspecified atom stereocenters. The van der Waals surface area contributed by atoms with Gasteiger partial charge in [-0.05, 0) is 18.2 Å². The van der Waals surface area contributed by atoms with E-state index in [9.17, 15) is 0 Å². The summed E-state index contributed by atoms with van der Waals surface area (Å²) in [7, 11) is 0. The largest absolute Gasteiger partial charge is 0.342 e. The van der Waals surface area contributed by atoms with Gasteiger partial charge in [0.1, 0.15) is 15.8 Å². The molecule has 3 N–H and O–H groups in total. The van der Waals surface area contributed by atoms with Gasteiger partial charge in [0.25, 0.3) is 0 Å². The van der Waals surface area contributed by atoms with Crippen molar-refractivity contribution in [3.63, 3.8) is 0 Å². The second-order valence-electron chi connectivity index (χ2n) is 4.71. The van der Waals surface area contributed by atoms with Crippen LogP contribution in [-0.2, 0) is 6.54 Å². The van der Waals surface area contributed by atoms with Crippen molar-refractivity contribution in [2.75, 3.05) is 0 Å². The lowest BCUT2D eigenvalue weighted by molar-refractivity contribution is 0.799. The quantitative estimate of drug-likeness (QED) is 0.768. The van der Waals surface area contributed by atoms with Gasteiger partial charge in [-0.3, -0.25) is 0 Å². The number of imidazole rings is 1. The van der Waals surface area contributed by atoms with E-state index in [0.717, 1.165) is 32.4 Å². The Kier molecular flexibility index (Phi) is 3.04.